The maximum absolute atomic E-state index is 8.82. The second kappa shape index (κ2) is 4.33. The van der Waals surface area contributed by atoms with Crippen LogP contribution < -0.4 is 4.65 Å². The fourth-order valence-electron chi connectivity index (χ4n) is 2.18. The Kier molecular flexibility index (Phi) is 2.66. The second-order valence-electron chi connectivity index (χ2n) is 4.11. The molecule has 18 heavy (non-hydrogen) atoms. The lowest BCUT2D eigenvalue weighted by Crippen LogP contribution is -2.20. The molecule has 0 aromatic heterocycles. The molecule has 88 valence electrons. The molecule has 3 rings (SSSR count). The molecular formula is C14H11BO3. The Morgan fingerprint density at radius 3 is 2.22 bits per heavy atom. The molecule has 0 saturated carbocycles. The lowest BCUT2D eigenvalue weighted by atomic mass is 10.0. The van der Waals surface area contributed by atoms with Gasteiger partial charge in [0.05, 0.1) is 0 Å². The summed E-state index contributed by atoms with van der Waals surface area (Å²) < 4.78 is 4.88. The van der Waals surface area contributed by atoms with Crippen LogP contribution in [0.4, 0.5) is 0 Å². The molecule has 2 N–H and O–H groups in total. The van der Waals surface area contributed by atoms with Crippen LogP contribution in [0.3, 0.4) is 0 Å². The van der Waals surface area contributed by atoms with Crippen LogP contribution in [-0.4, -0.2) is 17.4 Å². The van der Waals surface area contributed by atoms with E-state index in [1.165, 1.54) is 0 Å². The standard InChI is InChI=1S/C14H11BO3/c16-15(17)18-12-8-7-11-6-5-10-3-1-2-4-13(10)14(11)9-12/h1-9,16-17H. The van der Waals surface area contributed by atoms with Gasteiger partial charge in [0.15, 0.2) is 0 Å². The van der Waals surface area contributed by atoms with Crippen LogP contribution in [0.1, 0.15) is 0 Å². The molecule has 0 saturated heterocycles. The summed E-state index contributed by atoms with van der Waals surface area (Å²) in [5, 5.41) is 22.0. The van der Waals surface area contributed by atoms with Gasteiger partial charge in [0.1, 0.15) is 5.75 Å². The van der Waals surface area contributed by atoms with E-state index in [0.29, 0.717) is 5.75 Å². The van der Waals surface area contributed by atoms with Crippen molar-refractivity contribution in [1.82, 2.24) is 0 Å². The summed E-state index contributed by atoms with van der Waals surface area (Å²) in [4.78, 5) is 0. The van der Waals surface area contributed by atoms with Gasteiger partial charge in [0, 0.05) is 0 Å². The van der Waals surface area contributed by atoms with E-state index in [1.54, 1.807) is 6.07 Å². The molecule has 0 atom stereocenters. The van der Waals surface area contributed by atoms with Crippen molar-refractivity contribution < 1.29 is 14.7 Å². The highest BCUT2D eigenvalue weighted by Gasteiger charge is 2.11. The van der Waals surface area contributed by atoms with Gasteiger partial charge in [0.2, 0.25) is 0 Å². The third kappa shape index (κ3) is 1.92. The zero-order valence-corrected chi connectivity index (χ0v) is 9.58. The van der Waals surface area contributed by atoms with Gasteiger partial charge in [-0.3, -0.25) is 0 Å². The largest absolute Gasteiger partial charge is 0.707 e. The lowest BCUT2D eigenvalue weighted by molar-refractivity contribution is 0.288. The fraction of sp³-hybridized carbons (Fsp3) is 0. The minimum absolute atomic E-state index is 0.439. The molecule has 0 radical (unpaired) electrons. The molecule has 0 aliphatic rings. The van der Waals surface area contributed by atoms with Crippen LogP contribution in [-0.2, 0) is 0 Å². The predicted molar refractivity (Wildman–Crippen MR) is 72.3 cm³/mol. The van der Waals surface area contributed by atoms with Crippen molar-refractivity contribution in [3.05, 3.63) is 54.6 Å². The van der Waals surface area contributed by atoms with Crippen molar-refractivity contribution >= 4 is 28.9 Å². The van der Waals surface area contributed by atoms with Crippen molar-refractivity contribution in [2.75, 3.05) is 0 Å². The molecule has 0 bridgehead atoms. The fourth-order valence-corrected chi connectivity index (χ4v) is 2.18. The summed E-state index contributed by atoms with van der Waals surface area (Å²) >= 11 is 0. The molecule has 3 aromatic carbocycles. The van der Waals surface area contributed by atoms with Crippen LogP contribution in [0.25, 0.3) is 21.5 Å². The molecule has 0 unspecified atom stereocenters. The molecule has 0 spiro atoms. The Balaban J connectivity index is 2.26. The highest BCUT2D eigenvalue weighted by molar-refractivity contribution is 6.33. The first kappa shape index (κ1) is 11.1. The van der Waals surface area contributed by atoms with Gasteiger partial charge >= 0.3 is 7.32 Å². The first-order valence-electron chi connectivity index (χ1n) is 5.68. The van der Waals surface area contributed by atoms with Gasteiger partial charge in [-0.15, -0.1) is 0 Å². The van der Waals surface area contributed by atoms with Gasteiger partial charge < -0.3 is 14.7 Å². The molecule has 0 fully saturated rings. The number of hydrogen-bond acceptors (Lipinski definition) is 3. The van der Waals surface area contributed by atoms with E-state index < -0.39 is 7.32 Å². The number of fused-ring (bicyclic) bond motifs is 3. The molecule has 3 nitrogen and oxygen atoms in total. The Morgan fingerprint density at radius 2 is 1.44 bits per heavy atom. The number of benzene rings is 3. The summed E-state index contributed by atoms with van der Waals surface area (Å²) in [5.41, 5.74) is 0. The van der Waals surface area contributed by atoms with Crippen LogP contribution in [0.5, 0.6) is 5.75 Å². The zero-order valence-electron chi connectivity index (χ0n) is 9.58. The second-order valence-corrected chi connectivity index (χ2v) is 4.11. The van der Waals surface area contributed by atoms with E-state index in [-0.39, 0.29) is 0 Å². The summed E-state index contributed by atoms with van der Waals surface area (Å²) in [5.74, 6) is 0.439. The van der Waals surface area contributed by atoms with Crippen molar-refractivity contribution in [2.45, 2.75) is 0 Å². The van der Waals surface area contributed by atoms with Crippen molar-refractivity contribution in [2.24, 2.45) is 0 Å². The molecule has 0 heterocycles. The Labute approximate surface area is 104 Å². The van der Waals surface area contributed by atoms with Crippen LogP contribution in [0.2, 0.25) is 0 Å². The van der Waals surface area contributed by atoms with E-state index in [2.05, 4.69) is 6.07 Å². The Morgan fingerprint density at radius 1 is 0.778 bits per heavy atom. The Hall–Kier alpha value is -2.04. The van der Waals surface area contributed by atoms with Crippen molar-refractivity contribution in [3.8, 4) is 5.75 Å². The highest BCUT2D eigenvalue weighted by atomic mass is 16.6. The molecule has 0 aliphatic carbocycles. The van der Waals surface area contributed by atoms with Crippen LogP contribution in [0, 0.1) is 0 Å². The smallest absolute Gasteiger partial charge is 0.512 e. The quantitative estimate of drug-likeness (QED) is 0.532. The minimum atomic E-state index is -1.79. The van der Waals surface area contributed by atoms with E-state index >= 15 is 0 Å². The topological polar surface area (TPSA) is 49.7 Å². The van der Waals surface area contributed by atoms with Gasteiger partial charge in [0.25, 0.3) is 0 Å². The highest BCUT2D eigenvalue weighted by Crippen LogP contribution is 2.28. The van der Waals surface area contributed by atoms with Gasteiger partial charge in [-0.1, -0.05) is 42.5 Å². The average Bonchev–Trinajstić information content (AvgIpc) is 2.38. The van der Waals surface area contributed by atoms with Crippen LogP contribution >= 0.6 is 0 Å². The van der Waals surface area contributed by atoms with Gasteiger partial charge in [-0.2, -0.15) is 0 Å². The molecular weight excluding hydrogens is 227 g/mol. The van der Waals surface area contributed by atoms with Gasteiger partial charge in [-0.05, 0) is 33.7 Å². The lowest BCUT2D eigenvalue weighted by Gasteiger charge is -2.08. The third-order valence-corrected chi connectivity index (χ3v) is 2.96. The first-order chi connectivity index (χ1) is 8.74. The SMILES string of the molecule is OB(O)Oc1ccc2ccc3ccccc3c2c1. The summed E-state index contributed by atoms with van der Waals surface area (Å²) in [7, 11) is -1.79. The normalized spacial score (nSPS) is 10.8. The Bertz CT molecular complexity index is 710. The molecule has 3 aromatic rings. The molecule has 0 amide bonds. The van der Waals surface area contributed by atoms with E-state index in [4.69, 9.17) is 14.7 Å². The summed E-state index contributed by atoms with van der Waals surface area (Å²) in [6, 6.07) is 17.6. The zero-order chi connectivity index (χ0) is 12.5. The van der Waals surface area contributed by atoms with Crippen molar-refractivity contribution in [1.29, 1.82) is 0 Å². The van der Waals surface area contributed by atoms with Crippen molar-refractivity contribution in [3.63, 3.8) is 0 Å². The van der Waals surface area contributed by atoms with E-state index in [1.807, 2.05) is 42.5 Å². The average molecular weight is 238 g/mol. The predicted octanol–water partition coefficient (Wildman–Crippen LogP) is 2.34. The van der Waals surface area contributed by atoms with E-state index in [9.17, 15) is 0 Å². The maximum atomic E-state index is 8.82. The van der Waals surface area contributed by atoms with Crippen LogP contribution in [0.15, 0.2) is 54.6 Å². The summed E-state index contributed by atoms with van der Waals surface area (Å²) in [6.45, 7) is 0. The third-order valence-electron chi connectivity index (χ3n) is 2.96. The number of hydrogen-bond donors (Lipinski definition) is 2. The van der Waals surface area contributed by atoms with E-state index in [0.717, 1.165) is 21.5 Å². The first-order valence-corrected chi connectivity index (χ1v) is 5.68. The monoisotopic (exact) mass is 238 g/mol. The molecule has 4 heteroatoms. The maximum Gasteiger partial charge on any atom is 0.707 e. The minimum Gasteiger partial charge on any atom is -0.512 e. The molecule has 0 aliphatic heterocycles. The van der Waals surface area contributed by atoms with Gasteiger partial charge in [-0.25, -0.2) is 0 Å². The summed E-state index contributed by atoms with van der Waals surface area (Å²) in [6.07, 6.45) is 0. The number of rotatable bonds is 2.